The zero-order valence-corrected chi connectivity index (χ0v) is 10.2. The van der Waals surface area contributed by atoms with Crippen LogP contribution < -0.4 is 10.5 Å². The third-order valence-electron chi connectivity index (χ3n) is 2.10. The Balaban J connectivity index is 0.00000256. The molecule has 1 aromatic rings. The van der Waals surface area contributed by atoms with Crippen molar-refractivity contribution >= 4 is 24.1 Å². The molecular formula is C11H16ClNO4. The number of aliphatic hydroxyl groups excluding tert-OH is 1. The number of ether oxygens (including phenoxy) is 1. The molecule has 0 aliphatic carbocycles. The van der Waals surface area contributed by atoms with Crippen LogP contribution in [0.25, 0.3) is 0 Å². The van der Waals surface area contributed by atoms with Crippen LogP contribution in [-0.2, 0) is 0 Å². The maximum atomic E-state index is 10.8. The quantitative estimate of drug-likeness (QED) is 0.697. The van der Waals surface area contributed by atoms with E-state index < -0.39 is 5.97 Å². The molecule has 0 amide bonds. The monoisotopic (exact) mass is 261 g/mol. The van der Waals surface area contributed by atoms with Gasteiger partial charge in [-0.15, -0.1) is 12.4 Å². The van der Waals surface area contributed by atoms with Crippen LogP contribution in [0.15, 0.2) is 18.2 Å². The van der Waals surface area contributed by atoms with Crippen LogP contribution in [0, 0.1) is 5.92 Å². The van der Waals surface area contributed by atoms with Gasteiger partial charge in [0, 0.05) is 18.2 Å². The molecule has 6 heteroatoms. The third kappa shape index (κ3) is 4.50. The van der Waals surface area contributed by atoms with Gasteiger partial charge >= 0.3 is 5.97 Å². The molecule has 0 fully saturated rings. The molecule has 0 aromatic heterocycles. The summed E-state index contributed by atoms with van der Waals surface area (Å²) < 4.78 is 5.33. The van der Waals surface area contributed by atoms with Crippen molar-refractivity contribution in [2.45, 2.75) is 6.92 Å². The number of carboxylic acid groups (broad SMARTS) is 1. The van der Waals surface area contributed by atoms with Gasteiger partial charge in [0.1, 0.15) is 5.75 Å². The number of anilines is 1. The van der Waals surface area contributed by atoms with Crippen molar-refractivity contribution in [3.8, 4) is 5.75 Å². The summed E-state index contributed by atoms with van der Waals surface area (Å²) in [6.07, 6.45) is 0. The topological polar surface area (TPSA) is 92.8 Å². The Hall–Kier alpha value is -1.46. The minimum atomic E-state index is -1.09. The van der Waals surface area contributed by atoms with E-state index in [9.17, 15) is 4.79 Å². The molecule has 0 spiro atoms. The van der Waals surface area contributed by atoms with E-state index in [1.54, 1.807) is 6.07 Å². The molecule has 0 radical (unpaired) electrons. The zero-order valence-electron chi connectivity index (χ0n) is 9.42. The summed E-state index contributed by atoms with van der Waals surface area (Å²) in [5, 5.41) is 17.6. The first-order chi connectivity index (χ1) is 7.54. The van der Waals surface area contributed by atoms with Crippen LogP contribution in [0.1, 0.15) is 17.3 Å². The Kier molecular flexibility index (Phi) is 6.38. The van der Waals surface area contributed by atoms with Crippen molar-refractivity contribution in [3.63, 3.8) is 0 Å². The first-order valence-electron chi connectivity index (χ1n) is 4.91. The Morgan fingerprint density at radius 2 is 2.18 bits per heavy atom. The number of hydrogen-bond acceptors (Lipinski definition) is 4. The number of carbonyl (C=O) groups is 1. The summed E-state index contributed by atoms with van der Waals surface area (Å²) in [4.78, 5) is 10.8. The van der Waals surface area contributed by atoms with Gasteiger partial charge in [0.15, 0.2) is 0 Å². The smallest absolute Gasteiger partial charge is 0.337 e. The molecule has 0 saturated heterocycles. The number of aliphatic hydroxyl groups is 1. The van der Waals surface area contributed by atoms with Crippen molar-refractivity contribution in [1.29, 1.82) is 0 Å². The van der Waals surface area contributed by atoms with Crippen molar-refractivity contribution < 1.29 is 19.7 Å². The molecule has 1 aromatic carbocycles. The van der Waals surface area contributed by atoms with Crippen molar-refractivity contribution in [1.82, 2.24) is 0 Å². The van der Waals surface area contributed by atoms with Crippen LogP contribution in [0.3, 0.4) is 0 Å². The molecule has 5 nitrogen and oxygen atoms in total. The lowest BCUT2D eigenvalue weighted by molar-refractivity contribution is 0.0697. The molecule has 4 N–H and O–H groups in total. The van der Waals surface area contributed by atoms with E-state index in [2.05, 4.69) is 0 Å². The molecule has 0 saturated carbocycles. The lowest BCUT2D eigenvalue weighted by Gasteiger charge is -2.11. The predicted molar refractivity (Wildman–Crippen MR) is 66.8 cm³/mol. The average molecular weight is 262 g/mol. The molecule has 17 heavy (non-hydrogen) atoms. The summed E-state index contributed by atoms with van der Waals surface area (Å²) in [5.74, 6) is -0.643. The normalized spacial score (nSPS) is 11.4. The van der Waals surface area contributed by atoms with Gasteiger partial charge < -0.3 is 20.7 Å². The highest BCUT2D eigenvalue weighted by atomic mass is 35.5. The van der Waals surface area contributed by atoms with Gasteiger partial charge in [0.2, 0.25) is 0 Å². The molecule has 1 unspecified atom stereocenters. The lowest BCUT2D eigenvalue weighted by atomic mass is 10.1. The summed E-state index contributed by atoms with van der Waals surface area (Å²) in [7, 11) is 0. The predicted octanol–water partition coefficient (Wildman–Crippen LogP) is 1.40. The van der Waals surface area contributed by atoms with Crippen LogP contribution in [-0.4, -0.2) is 29.4 Å². The fraction of sp³-hybridized carbons (Fsp3) is 0.364. The standard InChI is InChI=1S/C11H15NO4.ClH/c1-7(5-13)6-16-8-2-3-10(12)9(4-8)11(14)15;/h2-4,7,13H,5-6,12H2,1H3,(H,14,15);1H. The van der Waals surface area contributed by atoms with Crippen LogP contribution in [0.2, 0.25) is 0 Å². The van der Waals surface area contributed by atoms with E-state index >= 15 is 0 Å². The molecule has 1 rings (SSSR count). The Labute approximate surface area is 106 Å². The van der Waals surface area contributed by atoms with E-state index in [-0.39, 0.29) is 36.2 Å². The molecule has 0 heterocycles. The van der Waals surface area contributed by atoms with E-state index in [1.165, 1.54) is 12.1 Å². The lowest BCUT2D eigenvalue weighted by Crippen LogP contribution is -2.12. The van der Waals surface area contributed by atoms with E-state index in [0.717, 1.165) is 0 Å². The van der Waals surface area contributed by atoms with Crippen LogP contribution >= 0.6 is 12.4 Å². The summed E-state index contributed by atoms with van der Waals surface area (Å²) in [5.41, 5.74) is 5.72. The molecule has 0 bridgehead atoms. The summed E-state index contributed by atoms with van der Waals surface area (Å²) in [6, 6.07) is 4.47. The number of nitrogen functional groups attached to an aromatic ring is 1. The fourth-order valence-corrected chi connectivity index (χ4v) is 1.10. The minimum absolute atomic E-state index is 0. The maximum Gasteiger partial charge on any atom is 0.337 e. The number of nitrogens with two attached hydrogens (primary N) is 1. The van der Waals surface area contributed by atoms with Gasteiger partial charge in [0.25, 0.3) is 0 Å². The summed E-state index contributed by atoms with van der Waals surface area (Å²) >= 11 is 0. The number of hydrogen-bond donors (Lipinski definition) is 3. The zero-order chi connectivity index (χ0) is 12.1. The highest BCUT2D eigenvalue weighted by Crippen LogP contribution is 2.20. The second-order valence-electron chi connectivity index (χ2n) is 3.65. The maximum absolute atomic E-state index is 10.8. The number of carboxylic acids is 1. The first kappa shape index (κ1) is 15.5. The molecule has 0 aliphatic rings. The Morgan fingerprint density at radius 3 is 2.71 bits per heavy atom. The van der Waals surface area contributed by atoms with Crippen LogP contribution in [0.5, 0.6) is 5.75 Å². The minimum Gasteiger partial charge on any atom is -0.493 e. The molecule has 96 valence electrons. The second-order valence-corrected chi connectivity index (χ2v) is 3.65. The van der Waals surface area contributed by atoms with Crippen molar-refractivity contribution in [3.05, 3.63) is 23.8 Å². The first-order valence-corrected chi connectivity index (χ1v) is 4.91. The van der Waals surface area contributed by atoms with Gasteiger partial charge in [-0.3, -0.25) is 0 Å². The average Bonchev–Trinajstić information content (AvgIpc) is 2.27. The molecule has 1 atom stereocenters. The van der Waals surface area contributed by atoms with Gasteiger partial charge in [-0.05, 0) is 18.2 Å². The van der Waals surface area contributed by atoms with E-state index in [0.29, 0.717) is 12.4 Å². The van der Waals surface area contributed by atoms with Gasteiger partial charge in [-0.1, -0.05) is 6.92 Å². The Bertz CT molecular complexity index is 384. The Morgan fingerprint density at radius 1 is 1.53 bits per heavy atom. The van der Waals surface area contributed by atoms with Crippen molar-refractivity contribution in [2.75, 3.05) is 18.9 Å². The molecule has 0 aliphatic heterocycles. The van der Waals surface area contributed by atoms with Crippen LogP contribution in [0.4, 0.5) is 5.69 Å². The number of rotatable bonds is 5. The highest BCUT2D eigenvalue weighted by molar-refractivity contribution is 5.94. The SMILES string of the molecule is CC(CO)COc1ccc(N)c(C(=O)O)c1.Cl. The van der Waals surface area contributed by atoms with E-state index in [1.807, 2.05) is 6.92 Å². The van der Waals surface area contributed by atoms with E-state index in [4.69, 9.17) is 20.7 Å². The highest BCUT2D eigenvalue weighted by Gasteiger charge is 2.09. The van der Waals surface area contributed by atoms with Crippen molar-refractivity contribution in [2.24, 2.45) is 5.92 Å². The van der Waals surface area contributed by atoms with Gasteiger partial charge in [-0.25, -0.2) is 4.79 Å². The number of benzene rings is 1. The molecular weight excluding hydrogens is 246 g/mol. The largest absolute Gasteiger partial charge is 0.493 e. The number of halogens is 1. The van der Waals surface area contributed by atoms with Gasteiger partial charge in [-0.2, -0.15) is 0 Å². The second kappa shape index (κ2) is 6.98. The number of aromatic carboxylic acids is 1. The third-order valence-corrected chi connectivity index (χ3v) is 2.10. The van der Waals surface area contributed by atoms with Gasteiger partial charge in [0.05, 0.1) is 12.2 Å². The summed E-state index contributed by atoms with van der Waals surface area (Å²) in [6.45, 7) is 2.19. The fourth-order valence-electron chi connectivity index (χ4n) is 1.10.